The molecule has 3 nitrogen and oxygen atoms in total. The topological polar surface area (TPSA) is 30.7 Å². The summed E-state index contributed by atoms with van der Waals surface area (Å²) in [5.74, 6) is 1.09. The lowest BCUT2D eigenvalue weighted by molar-refractivity contribution is 0.328. The summed E-state index contributed by atoms with van der Waals surface area (Å²) in [4.78, 5) is 4.51. The van der Waals surface area contributed by atoms with Crippen LogP contribution in [0.2, 0.25) is 0 Å². The van der Waals surface area contributed by atoms with E-state index in [0.29, 0.717) is 18.1 Å². The van der Waals surface area contributed by atoms with Gasteiger partial charge in [-0.2, -0.15) is 5.10 Å². The van der Waals surface area contributed by atoms with Gasteiger partial charge in [-0.3, -0.25) is 0 Å². The number of nitrogens with zero attached hydrogens (tertiary/aromatic N) is 3. The predicted molar refractivity (Wildman–Crippen MR) is 88.7 cm³/mol. The highest BCUT2D eigenvalue weighted by atomic mass is 19.1. The minimum absolute atomic E-state index is 0.0633. The molecule has 2 aromatic rings. The number of aromatic nitrogens is 3. The molecule has 2 aliphatic rings. The Labute approximate surface area is 136 Å². The number of fused-ring (bicyclic) bond motifs is 1. The second-order valence-corrected chi connectivity index (χ2v) is 7.11. The summed E-state index contributed by atoms with van der Waals surface area (Å²) in [6, 6.07) is 9.93. The number of halogens is 1. The van der Waals surface area contributed by atoms with E-state index in [1.165, 1.54) is 12.8 Å². The number of allylic oxidation sites excluding steroid dienone is 1. The van der Waals surface area contributed by atoms with Crippen LogP contribution in [0.4, 0.5) is 4.39 Å². The third kappa shape index (κ3) is 2.32. The fourth-order valence-electron chi connectivity index (χ4n) is 3.99. The van der Waals surface area contributed by atoms with E-state index in [0.717, 1.165) is 24.0 Å². The molecule has 1 fully saturated rings. The van der Waals surface area contributed by atoms with Crippen LogP contribution in [0, 0.1) is 5.41 Å². The van der Waals surface area contributed by atoms with Gasteiger partial charge in [0, 0.05) is 6.42 Å². The lowest BCUT2D eigenvalue weighted by atomic mass is 9.81. The highest BCUT2D eigenvalue weighted by Gasteiger charge is 2.39. The average molecular weight is 311 g/mol. The fraction of sp³-hybridized carbons (Fsp3) is 0.474. The lowest BCUT2D eigenvalue weighted by Gasteiger charge is -2.24. The molecule has 1 aliphatic heterocycles. The SMILES string of the molecule is C=C(c1nc2n(n1)C(c1ccccc1)CC2F)C1(C)CCCC1. The summed E-state index contributed by atoms with van der Waals surface area (Å²) in [7, 11) is 0. The van der Waals surface area contributed by atoms with Gasteiger partial charge in [0.25, 0.3) is 0 Å². The smallest absolute Gasteiger partial charge is 0.177 e. The van der Waals surface area contributed by atoms with Gasteiger partial charge in [-0.05, 0) is 29.4 Å². The molecule has 2 atom stereocenters. The maximum absolute atomic E-state index is 14.4. The van der Waals surface area contributed by atoms with Gasteiger partial charge >= 0.3 is 0 Å². The van der Waals surface area contributed by atoms with Crippen LogP contribution in [-0.4, -0.2) is 14.8 Å². The van der Waals surface area contributed by atoms with Crippen molar-refractivity contribution in [3.63, 3.8) is 0 Å². The standard InChI is InChI=1S/C19H22FN3/c1-13(19(2)10-6-7-11-19)17-21-18-15(20)12-16(23(18)22-17)14-8-4-3-5-9-14/h3-5,8-9,15-16H,1,6-7,10-12H2,2H3. The Balaban J connectivity index is 1.69. The highest BCUT2D eigenvalue weighted by Crippen LogP contribution is 2.47. The van der Waals surface area contributed by atoms with E-state index in [4.69, 9.17) is 0 Å². The zero-order valence-electron chi connectivity index (χ0n) is 13.5. The first-order valence-electron chi connectivity index (χ1n) is 8.44. The lowest BCUT2D eigenvalue weighted by Crippen LogP contribution is -2.15. The number of alkyl halides is 1. The van der Waals surface area contributed by atoms with E-state index in [2.05, 4.69) is 23.6 Å². The first-order valence-corrected chi connectivity index (χ1v) is 8.44. The molecule has 23 heavy (non-hydrogen) atoms. The van der Waals surface area contributed by atoms with Gasteiger partial charge in [0.05, 0.1) is 6.04 Å². The van der Waals surface area contributed by atoms with Crippen molar-refractivity contribution in [2.24, 2.45) is 5.41 Å². The largest absolute Gasteiger partial charge is 0.239 e. The summed E-state index contributed by atoms with van der Waals surface area (Å²) in [6.07, 6.45) is 4.06. The van der Waals surface area contributed by atoms with E-state index in [1.54, 1.807) is 4.68 Å². The van der Waals surface area contributed by atoms with E-state index < -0.39 is 6.17 Å². The van der Waals surface area contributed by atoms with Gasteiger partial charge in [-0.25, -0.2) is 14.1 Å². The minimum atomic E-state index is -1.05. The van der Waals surface area contributed by atoms with Crippen LogP contribution >= 0.6 is 0 Å². The molecule has 0 spiro atoms. The van der Waals surface area contributed by atoms with Gasteiger partial charge in [0.2, 0.25) is 0 Å². The van der Waals surface area contributed by atoms with Crippen LogP contribution < -0.4 is 0 Å². The first kappa shape index (κ1) is 14.6. The molecule has 0 bridgehead atoms. The van der Waals surface area contributed by atoms with E-state index in [1.807, 2.05) is 30.3 Å². The summed E-state index contributed by atoms with van der Waals surface area (Å²) < 4.78 is 16.2. The highest BCUT2D eigenvalue weighted by molar-refractivity contribution is 5.63. The van der Waals surface area contributed by atoms with Crippen molar-refractivity contribution in [3.8, 4) is 0 Å². The van der Waals surface area contributed by atoms with Crippen LogP contribution in [0.1, 0.15) is 68.5 Å². The van der Waals surface area contributed by atoms with Crippen molar-refractivity contribution < 1.29 is 4.39 Å². The summed E-state index contributed by atoms with van der Waals surface area (Å²) in [5, 5.41) is 4.65. The van der Waals surface area contributed by atoms with E-state index in [-0.39, 0.29) is 11.5 Å². The number of benzene rings is 1. The second kappa shape index (κ2) is 5.29. The van der Waals surface area contributed by atoms with Crippen molar-refractivity contribution >= 4 is 5.57 Å². The Morgan fingerprint density at radius 1 is 1.26 bits per heavy atom. The Morgan fingerprint density at radius 3 is 2.65 bits per heavy atom. The van der Waals surface area contributed by atoms with Crippen LogP contribution in [0.5, 0.6) is 0 Å². The zero-order valence-corrected chi connectivity index (χ0v) is 13.5. The molecule has 0 radical (unpaired) electrons. The van der Waals surface area contributed by atoms with Crippen LogP contribution in [0.15, 0.2) is 36.9 Å². The van der Waals surface area contributed by atoms with Crippen molar-refractivity contribution in [3.05, 3.63) is 54.1 Å². The molecule has 1 saturated carbocycles. The molecule has 120 valence electrons. The predicted octanol–water partition coefficient (Wildman–Crippen LogP) is 4.88. The molecule has 1 aromatic carbocycles. The summed E-state index contributed by atoms with van der Waals surface area (Å²) in [5.41, 5.74) is 2.12. The van der Waals surface area contributed by atoms with Crippen LogP contribution in [0.25, 0.3) is 5.57 Å². The molecule has 4 heteroatoms. The number of rotatable bonds is 3. The van der Waals surface area contributed by atoms with E-state index >= 15 is 0 Å². The van der Waals surface area contributed by atoms with Crippen molar-refractivity contribution in [2.45, 2.75) is 51.2 Å². The molecule has 1 aromatic heterocycles. The van der Waals surface area contributed by atoms with Crippen molar-refractivity contribution in [2.75, 3.05) is 0 Å². The molecule has 2 unspecified atom stereocenters. The average Bonchev–Trinajstić information content (AvgIpc) is 3.25. The normalized spacial score (nSPS) is 25.5. The van der Waals surface area contributed by atoms with Crippen LogP contribution in [0.3, 0.4) is 0 Å². The molecule has 4 rings (SSSR count). The van der Waals surface area contributed by atoms with Gasteiger partial charge in [-0.1, -0.05) is 56.7 Å². The van der Waals surface area contributed by atoms with Gasteiger partial charge < -0.3 is 0 Å². The third-order valence-electron chi connectivity index (χ3n) is 5.55. The zero-order chi connectivity index (χ0) is 16.0. The Hall–Kier alpha value is -1.97. The van der Waals surface area contributed by atoms with Crippen molar-refractivity contribution in [1.82, 2.24) is 14.8 Å². The van der Waals surface area contributed by atoms with Crippen molar-refractivity contribution in [1.29, 1.82) is 0 Å². The molecule has 0 amide bonds. The quantitative estimate of drug-likeness (QED) is 0.809. The summed E-state index contributed by atoms with van der Waals surface area (Å²) >= 11 is 0. The monoisotopic (exact) mass is 311 g/mol. The fourth-order valence-corrected chi connectivity index (χ4v) is 3.99. The molecule has 0 N–H and O–H groups in total. The Kier molecular flexibility index (Phi) is 3.36. The molecular weight excluding hydrogens is 289 g/mol. The number of hydrogen-bond acceptors (Lipinski definition) is 2. The second-order valence-electron chi connectivity index (χ2n) is 7.11. The van der Waals surface area contributed by atoms with Gasteiger partial charge in [-0.15, -0.1) is 0 Å². The molecule has 2 heterocycles. The Bertz CT molecular complexity index is 728. The van der Waals surface area contributed by atoms with Gasteiger partial charge in [0.1, 0.15) is 0 Å². The van der Waals surface area contributed by atoms with E-state index in [9.17, 15) is 4.39 Å². The molecular formula is C19H22FN3. The van der Waals surface area contributed by atoms with Crippen LogP contribution in [-0.2, 0) is 0 Å². The Morgan fingerprint density at radius 2 is 1.96 bits per heavy atom. The first-order chi connectivity index (χ1) is 11.1. The minimum Gasteiger partial charge on any atom is -0.239 e. The third-order valence-corrected chi connectivity index (χ3v) is 5.55. The summed E-state index contributed by atoms with van der Waals surface area (Å²) in [6.45, 7) is 6.49. The maximum atomic E-state index is 14.4. The molecule has 0 saturated heterocycles. The maximum Gasteiger partial charge on any atom is 0.177 e. The number of hydrogen-bond donors (Lipinski definition) is 0. The molecule has 1 aliphatic carbocycles. The van der Waals surface area contributed by atoms with Gasteiger partial charge in [0.15, 0.2) is 17.8 Å².